The fourth-order valence-corrected chi connectivity index (χ4v) is 1.77. The van der Waals surface area contributed by atoms with Gasteiger partial charge in [-0.15, -0.1) is 0 Å². The van der Waals surface area contributed by atoms with Crippen LogP contribution in [0.5, 0.6) is 0 Å². The van der Waals surface area contributed by atoms with Crippen molar-refractivity contribution in [2.45, 2.75) is 20.8 Å². The third-order valence-corrected chi connectivity index (χ3v) is 2.81. The highest BCUT2D eigenvalue weighted by molar-refractivity contribution is 7.59. The van der Waals surface area contributed by atoms with Crippen LogP contribution in [-0.2, 0) is 0 Å². The molecule has 0 saturated heterocycles. The SMILES string of the molecule is CC(C)=N/N=C(\C)c1ccc(-c2ccccc2)cc1.S. The molecule has 20 heavy (non-hydrogen) atoms. The van der Waals surface area contributed by atoms with Gasteiger partial charge in [-0.1, -0.05) is 54.6 Å². The molecule has 2 aromatic carbocycles. The quantitative estimate of drug-likeness (QED) is 0.578. The minimum Gasteiger partial charge on any atom is -0.197 e. The van der Waals surface area contributed by atoms with Crippen LogP contribution in [0.15, 0.2) is 64.8 Å². The maximum absolute atomic E-state index is 4.20. The summed E-state index contributed by atoms with van der Waals surface area (Å²) in [4.78, 5) is 0. The van der Waals surface area contributed by atoms with E-state index in [9.17, 15) is 0 Å². The molecule has 0 aromatic heterocycles. The lowest BCUT2D eigenvalue weighted by Crippen LogP contribution is -1.94. The smallest absolute Gasteiger partial charge is 0.0671 e. The zero-order valence-electron chi connectivity index (χ0n) is 12.1. The van der Waals surface area contributed by atoms with Gasteiger partial charge in [-0.05, 0) is 37.5 Å². The van der Waals surface area contributed by atoms with E-state index in [-0.39, 0.29) is 13.5 Å². The Labute approximate surface area is 127 Å². The van der Waals surface area contributed by atoms with Gasteiger partial charge in [0.25, 0.3) is 0 Å². The number of hydrogen-bond acceptors (Lipinski definition) is 2. The minimum absolute atomic E-state index is 0. The van der Waals surface area contributed by atoms with E-state index >= 15 is 0 Å². The molecule has 0 N–H and O–H groups in total. The van der Waals surface area contributed by atoms with Gasteiger partial charge < -0.3 is 0 Å². The van der Waals surface area contributed by atoms with E-state index in [2.05, 4.69) is 58.7 Å². The lowest BCUT2D eigenvalue weighted by atomic mass is 10.0. The van der Waals surface area contributed by atoms with Gasteiger partial charge in [0.15, 0.2) is 0 Å². The van der Waals surface area contributed by atoms with E-state index in [4.69, 9.17) is 0 Å². The van der Waals surface area contributed by atoms with E-state index in [0.29, 0.717) is 0 Å². The first-order chi connectivity index (χ1) is 9.16. The monoisotopic (exact) mass is 284 g/mol. The highest BCUT2D eigenvalue weighted by Gasteiger charge is 1.99. The first-order valence-electron chi connectivity index (χ1n) is 6.38. The van der Waals surface area contributed by atoms with E-state index in [1.165, 1.54) is 11.1 Å². The van der Waals surface area contributed by atoms with Crippen LogP contribution < -0.4 is 0 Å². The van der Waals surface area contributed by atoms with Crippen LogP contribution in [0.4, 0.5) is 0 Å². The predicted molar refractivity (Wildman–Crippen MR) is 93.3 cm³/mol. The summed E-state index contributed by atoms with van der Waals surface area (Å²) < 4.78 is 0. The number of hydrogen-bond donors (Lipinski definition) is 0. The number of rotatable bonds is 3. The first kappa shape index (κ1) is 16.2. The van der Waals surface area contributed by atoms with Gasteiger partial charge in [0.1, 0.15) is 0 Å². The van der Waals surface area contributed by atoms with Gasteiger partial charge in [-0.2, -0.15) is 23.7 Å². The molecule has 0 heterocycles. The minimum atomic E-state index is 0. The summed E-state index contributed by atoms with van der Waals surface area (Å²) in [7, 11) is 0. The van der Waals surface area contributed by atoms with Crippen LogP contribution in [0.2, 0.25) is 0 Å². The van der Waals surface area contributed by atoms with Crippen molar-refractivity contribution in [3.63, 3.8) is 0 Å². The molecular weight excluding hydrogens is 264 g/mol. The summed E-state index contributed by atoms with van der Waals surface area (Å²) in [6.45, 7) is 5.86. The summed E-state index contributed by atoms with van der Waals surface area (Å²) in [5.74, 6) is 0. The Morgan fingerprint density at radius 3 is 1.80 bits per heavy atom. The molecular formula is C17H20N2S. The van der Waals surface area contributed by atoms with Crippen molar-refractivity contribution in [3.05, 3.63) is 60.2 Å². The molecule has 0 aliphatic heterocycles. The molecule has 0 spiro atoms. The molecule has 0 unspecified atom stereocenters. The highest BCUT2D eigenvalue weighted by Crippen LogP contribution is 2.19. The number of nitrogens with zero attached hydrogens (tertiary/aromatic N) is 2. The standard InChI is InChI=1S/C17H18N2.H2S/c1-13(2)18-19-14(3)15-9-11-17(12-10-15)16-7-5-4-6-8-16;/h4-12H,1-3H3;1H2/b19-14+;. The Kier molecular flexibility index (Phi) is 6.19. The molecule has 0 amide bonds. The molecule has 0 radical (unpaired) electrons. The fraction of sp³-hybridized carbons (Fsp3) is 0.176. The molecule has 2 rings (SSSR count). The molecule has 0 aliphatic rings. The second kappa shape index (κ2) is 7.65. The molecule has 0 saturated carbocycles. The second-order valence-electron chi connectivity index (χ2n) is 4.68. The zero-order valence-corrected chi connectivity index (χ0v) is 13.1. The van der Waals surface area contributed by atoms with Gasteiger partial charge in [0.2, 0.25) is 0 Å². The van der Waals surface area contributed by atoms with Gasteiger partial charge in [0, 0.05) is 5.71 Å². The van der Waals surface area contributed by atoms with Gasteiger partial charge in [-0.3, -0.25) is 0 Å². The largest absolute Gasteiger partial charge is 0.197 e. The Bertz CT molecular complexity index is 595. The molecule has 104 valence electrons. The maximum Gasteiger partial charge on any atom is 0.0671 e. The molecule has 0 atom stereocenters. The average Bonchev–Trinajstić information content (AvgIpc) is 2.46. The predicted octanol–water partition coefficient (Wildman–Crippen LogP) is 4.67. The van der Waals surface area contributed by atoms with Crippen molar-refractivity contribution in [1.29, 1.82) is 0 Å². The molecule has 0 fully saturated rings. The third-order valence-electron chi connectivity index (χ3n) is 2.81. The van der Waals surface area contributed by atoms with Crippen molar-refractivity contribution in [2.75, 3.05) is 0 Å². The Morgan fingerprint density at radius 1 is 0.700 bits per heavy atom. The summed E-state index contributed by atoms with van der Waals surface area (Å²) >= 11 is 0. The van der Waals surface area contributed by atoms with Crippen molar-refractivity contribution < 1.29 is 0 Å². The van der Waals surface area contributed by atoms with Crippen LogP contribution in [0, 0.1) is 0 Å². The first-order valence-corrected chi connectivity index (χ1v) is 6.38. The van der Waals surface area contributed by atoms with Gasteiger partial charge in [0.05, 0.1) is 5.71 Å². The molecule has 2 nitrogen and oxygen atoms in total. The van der Waals surface area contributed by atoms with Crippen molar-refractivity contribution >= 4 is 24.9 Å². The van der Waals surface area contributed by atoms with E-state index in [1.54, 1.807) is 0 Å². The van der Waals surface area contributed by atoms with Crippen LogP contribution >= 0.6 is 13.5 Å². The van der Waals surface area contributed by atoms with Crippen molar-refractivity contribution in [1.82, 2.24) is 0 Å². The van der Waals surface area contributed by atoms with Crippen LogP contribution in [0.25, 0.3) is 11.1 Å². The van der Waals surface area contributed by atoms with E-state index < -0.39 is 0 Å². The van der Waals surface area contributed by atoms with Gasteiger partial charge in [-0.25, -0.2) is 0 Å². The summed E-state index contributed by atoms with van der Waals surface area (Å²) in [5.41, 5.74) is 5.43. The van der Waals surface area contributed by atoms with Crippen LogP contribution in [0.3, 0.4) is 0 Å². The second-order valence-corrected chi connectivity index (χ2v) is 4.68. The zero-order chi connectivity index (χ0) is 13.7. The molecule has 2 aromatic rings. The Morgan fingerprint density at radius 2 is 1.25 bits per heavy atom. The third kappa shape index (κ3) is 4.35. The van der Waals surface area contributed by atoms with E-state index in [0.717, 1.165) is 17.0 Å². The summed E-state index contributed by atoms with van der Waals surface area (Å²) in [5, 5.41) is 8.29. The number of benzene rings is 2. The average molecular weight is 284 g/mol. The lowest BCUT2D eigenvalue weighted by Gasteiger charge is -2.03. The van der Waals surface area contributed by atoms with Crippen molar-refractivity contribution in [3.8, 4) is 11.1 Å². The maximum atomic E-state index is 4.20. The lowest BCUT2D eigenvalue weighted by molar-refractivity contribution is 1.21. The van der Waals surface area contributed by atoms with Crippen LogP contribution in [-0.4, -0.2) is 11.4 Å². The van der Waals surface area contributed by atoms with Crippen molar-refractivity contribution in [2.24, 2.45) is 10.2 Å². The van der Waals surface area contributed by atoms with Gasteiger partial charge >= 0.3 is 0 Å². The Balaban J connectivity index is 0.00000200. The summed E-state index contributed by atoms with van der Waals surface area (Å²) in [6.07, 6.45) is 0. The highest BCUT2D eigenvalue weighted by atomic mass is 32.1. The van der Waals surface area contributed by atoms with E-state index in [1.807, 2.05) is 26.8 Å². The topological polar surface area (TPSA) is 24.7 Å². The summed E-state index contributed by atoms with van der Waals surface area (Å²) in [6, 6.07) is 18.8. The Hall–Kier alpha value is -1.87. The molecule has 0 aliphatic carbocycles. The van der Waals surface area contributed by atoms with Crippen LogP contribution in [0.1, 0.15) is 26.3 Å². The molecule has 0 bridgehead atoms. The normalized spacial score (nSPS) is 10.7. The molecule has 3 heteroatoms. The fourth-order valence-electron chi connectivity index (χ4n) is 1.77.